The second-order valence-corrected chi connectivity index (χ2v) is 6.55. The summed E-state index contributed by atoms with van der Waals surface area (Å²) >= 11 is 0. The second-order valence-electron chi connectivity index (χ2n) is 4.56. The highest BCUT2D eigenvalue weighted by Gasteiger charge is 2.24. The van der Waals surface area contributed by atoms with Crippen molar-refractivity contribution in [2.75, 3.05) is 19.3 Å². The van der Waals surface area contributed by atoms with Crippen LogP contribution >= 0.6 is 0 Å². The van der Waals surface area contributed by atoms with Gasteiger partial charge in [0.1, 0.15) is 6.33 Å². The Balaban J connectivity index is 1.78. The topological polar surface area (TPSA) is 75.2 Å². The van der Waals surface area contributed by atoms with Crippen LogP contribution in [0.2, 0.25) is 0 Å². The van der Waals surface area contributed by atoms with Gasteiger partial charge in [-0.15, -0.1) is 0 Å². The van der Waals surface area contributed by atoms with E-state index >= 15 is 0 Å². The number of nitrogens with one attached hydrogen (secondary N) is 1. The van der Waals surface area contributed by atoms with Gasteiger partial charge in [0, 0.05) is 43.6 Å². The molecular formula is C11H18N4O2S. The Kier molecular flexibility index (Phi) is 4.26. The summed E-state index contributed by atoms with van der Waals surface area (Å²) in [4.78, 5) is 7.91. The molecule has 0 saturated carbocycles. The smallest absolute Gasteiger partial charge is 0.211 e. The summed E-state index contributed by atoms with van der Waals surface area (Å²) in [6.07, 6.45) is 8.04. The van der Waals surface area contributed by atoms with Crippen LogP contribution in [0.15, 0.2) is 18.7 Å². The predicted octanol–water partition coefficient (Wildman–Crippen LogP) is -0.00980. The summed E-state index contributed by atoms with van der Waals surface area (Å²) in [7, 11) is -3.03. The Bertz CT molecular complexity index is 469. The summed E-state index contributed by atoms with van der Waals surface area (Å²) in [5, 5.41) is 3.41. The van der Waals surface area contributed by atoms with Gasteiger partial charge < -0.3 is 5.32 Å². The summed E-state index contributed by atoms with van der Waals surface area (Å²) < 4.78 is 24.3. The first-order valence-corrected chi connectivity index (χ1v) is 7.83. The van der Waals surface area contributed by atoms with Gasteiger partial charge >= 0.3 is 0 Å². The maximum Gasteiger partial charge on any atom is 0.211 e. The lowest BCUT2D eigenvalue weighted by molar-refractivity contribution is 0.290. The lowest BCUT2D eigenvalue weighted by Gasteiger charge is -2.30. The average molecular weight is 270 g/mol. The van der Waals surface area contributed by atoms with E-state index in [-0.39, 0.29) is 0 Å². The van der Waals surface area contributed by atoms with Gasteiger partial charge in [0.2, 0.25) is 10.0 Å². The van der Waals surface area contributed by atoms with Crippen molar-refractivity contribution in [3.8, 4) is 0 Å². The molecule has 1 aliphatic heterocycles. The highest BCUT2D eigenvalue weighted by molar-refractivity contribution is 7.88. The van der Waals surface area contributed by atoms with E-state index in [9.17, 15) is 8.42 Å². The average Bonchev–Trinajstić information content (AvgIpc) is 2.37. The van der Waals surface area contributed by atoms with Crippen molar-refractivity contribution in [2.45, 2.75) is 25.4 Å². The van der Waals surface area contributed by atoms with Gasteiger partial charge in [0.15, 0.2) is 0 Å². The van der Waals surface area contributed by atoms with Gasteiger partial charge in [-0.25, -0.2) is 22.7 Å². The lowest BCUT2D eigenvalue weighted by atomic mass is 10.1. The molecule has 7 heteroatoms. The molecule has 100 valence electrons. The van der Waals surface area contributed by atoms with E-state index < -0.39 is 10.0 Å². The van der Waals surface area contributed by atoms with Crippen molar-refractivity contribution in [2.24, 2.45) is 0 Å². The minimum atomic E-state index is -3.03. The molecule has 1 fully saturated rings. The molecule has 1 aromatic rings. The van der Waals surface area contributed by atoms with Crippen molar-refractivity contribution in [1.82, 2.24) is 19.6 Å². The number of hydrogen-bond acceptors (Lipinski definition) is 5. The maximum atomic E-state index is 11.4. The molecule has 1 aromatic heterocycles. The molecule has 0 radical (unpaired) electrons. The number of nitrogens with zero attached hydrogens (tertiary/aromatic N) is 3. The molecule has 18 heavy (non-hydrogen) atoms. The van der Waals surface area contributed by atoms with Crippen molar-refractivity contribution >= 4 is 10.0 Å². The molecular weight excluding hydrogens is 252 g/mol. The Morgan fingerprint density at radius 3 is 2.50 bits per heavy atom. The van der Waals surface area contributed by atoms with Crippen molar-refractivity contribution in [1.29, 1.82) is 0 Å². The van der Waals surface area contributed by atoms with E-state index in [1.54, 1.807) is 12.4 Å². The van der Waals surface area contributed by atoms with E-state index in [4.69, 9.17) is 0 Å². The van der Waals surface area contributed by atoms with Crippen LogP contribution < -0.4 is 5.32 Å². The third kappa shape index (κ3) is 3.72. The summed E-state index contributed by atoms with van der Waals surface area (Å²) in [5.74, 6) is 0. The molecule has 2 rings (SSSR count). The molecule has 0 amide bonds. The van der Waals surface area contributed by atoms with Crippen LogP contribution in [-0.2, 0) is 16.6 Å². The van der Waals surface area contributed by atoms with E-state index in [0.717, 1.165) is 24.9 Å². The number of aromatic nitrogens is 2. The third-order valence-electron chi connectivity index (χ3n) is 3.13. The zero-order chi connectivity index (χ0) is 13.0. The van der Waals surface area contributed by atoms with E-state index in [0.29, 0.717) is 19.1 Å². The van der Waals surface area contributed by atoms with Crippen LogP contribution in [0.5, 0.6) is 0 Å². The first kappa shape index (κ1) is 13.4. The molecule has 1 saturated heterocycles. The summed E-state index contributed by atoms with van der Waals surface area (Å²) in [5.41, 5.74) is 1.04. The van der Waals surface area contributed by atoms with Gasteiger partial charge in [-0.1, -0.05) is 0 Å². The molecule has 0 aromatic carbocycles. The fraction of sp³-hybridized carbons (Fsp3) is 0.636. The van der Waals surface area contributed by atoms with E-state index in [1.807, 2.05) is 0 Å². The highest BCUT2D eigenvalue weighted by atomic mass is 32.2. The number of hydrogen-bond donors (Lipinski definition) is 1. The van der Waals surface area contributed by atoms with Crippen molar-refractivity contribution in [3.05, 3.63) is 24.3 Å². The van der Waals surface area contributed by atoms with Crippen LogP contribution in [-0.4, -0.2) is 48.1 Å². The fourth-order valence-corrected chi connectivity index (χ4v) is 2.95. The normalized spacial score (nSPS) is 18.9. The SMILES string of the molecule is CS(=O)(=O)N1CCC(NCc2cncnc2)CC1. The molecule has 0 atom stereocenters. The number of rotatable bonds is 4. The molecule has 6 nitrogen and oxygen atoms in total. The minimum absolute atomic E-state index is 0.364. The lowest BCUT2D eigenvalue weighted by Crippen LogP contribution is -2.44. The summed E-state index contributed by atoms with van der Waals surface area (Å²) in [6, 6.07) is 0.364. The molecule has 0 bridgehead atoms. The van der Waals surface area contributed by atoms with Gasteiger partial charge in [0.05, 0.1) is 6.26 Å². The number of sulfonamides is 1. The number of piperidine rings is 1. The quantitative estimate of drug-likeness (QED) is 0.833. The minimum Gasteiger partial charge on any atom is -0.310 e. The monoisotopic (exact) mass is 270 g/mol. The Labute approximate surface area is 107 Å². The highest BCUT2D eigenvalue weighted by Crippen LogP contribution is 2.13. The first-order chi connectivity index (χ1) is 8.55. The van der Waals surface area contributed by atoms with E-state index in [1.165, 1.54) is 16.9 Å². The molecule has 1 N–H and O–H groups in total. The molecule has 0 spiro atoms. The first-order valence-electron chi connectivity index (χ1n) is 5.98. The van der Waals surface area contributed by atoms with Gasteiger partial charge in [0.25, 0.3) is 0 Å². The van der Waals surface area contributed by atoms with Crippen LogP contribution in [0.4, 0.5) is 0 Å². The molecule has 2 heterocycles. The van der Waals surface area contributed by atoms with Crippen LogP contribution in [0, 0.1) is 0 Å². The third-order valence-corrected chi connectivity index (χ3v) is 4.44. The van der Waals surface area contributed by atoms with Crippen LogP contribution in [0.1, 0.15) is 18.4 Å². The zero-order valence-corrected chi connectivity index (χ0v) is 11.2. The molecule has 0 aliphatic carbocycles. The standard InChI is InChI=1S/C11H18N4O2S/c1-18(16,17)15-4-2-11(3-5-15)14-8-10-6-12-9-13-7-10/h6-7,9,11,14H,2-5,8H2,1H3. The Morgan fingerprint density at radius 1 is 1.33 bits per heavy atom. The molecule has 0 unspecified atom stereocenters. The maximum absolute atomic E-state index is 11.4. The van der Waals surface area contributed by atoms with Gasteiger partial charge in [-0.05, 0) is 12.8 Å². The second kappa shape index (κ2) is 5.73. The van der Waals surface area contributed by atoms with E-state index in [2.05, 4.69) is 15.3 Å². The zero-order valence-electron chi connectivity index (χ0n) is 10.4. The van der Waals surface area contributed by atoms with Crippen molar-refractivity contribution in [3.63, 3.8) is 0 Å². The molecule has 1 aliphatic rings. The Hall–Kier alpha value is -1.05. The predicted molar refractivity (Wildman–Crippen MR) is 68.3 cm³/mol. The Morgan fingerprint density at radius 2 is 1.94 bits per heavy atom. The fourth-order valence-electron chi connectivity index (χ4n) is 2.08. The van der Waals surface area contributed by atoms with Gasteiger partial charge in [-0.2, -0.15) is 0 Å². The van der Waals surface area contributed by atoms with Crippen LogP contribution in [0.3, 0.4) is 0 Å². The van der Waals surface area contributed by atoms with Crippen LogP contribution in [0.25, 0.3) is 0 Å². The van der Waals surface area contributed by atoms with Crippen molar-refractivity contribution < 1.29 is 8.42 Å². The largest absolute Gasteiger partial charge is 0.310 e. The summed E-state index contributed by atoms with van der Waals surface area (Å²) in [6.45, 7) is 1.92. The van der Waals surface area contributed by atoms with Gasteiger partial charge in [-0.3, -0.25) is 0 Å².